The molecule has 1 amide bonds. The number of benzene rings is 2. The van der Waals surface area contributed by atoms with Gasteiger partial charge in [0.25, 0.3) is 0 Å². The Morgan fingerprint density at radius 3 is 2.62 bits per heavy atom. The number of rotatable bonds is 6. The molecule has 0 radical (unpaired) electrons. The number of thioether (sulfide) groups is 1. The van der Waals surface area contributed by atoms with Gasteiger partial charge in [-0.05, 0) is 24.3 Å². The zero-order valence-corrected chi connectivity index (χ0v) is 16.0. The van der Waals surface area contributed by atoms with Crippen LogP contribution in [-0.2, 0) is 10.5 Å². The highest BCUT2D eigenvalue weighted by atomic mass is 79.9. The second-order valence-corrected chi connectivity index (χ2v) is 7.82. The van der Waals surface area contributed by atoms with E-state index in [4.69, 9.17) is 0 Å². The minimum atomic E-state index is 0.000773. The van der Waals surface area contributed by atoms with Crippen LogP contribution in [0.15, 0.2) is 64.5 Å². The maximum absolute atomic E-state index is 12.0. The van der Waals surface area contributed by atoms with Gasteiger partial charge in [-0.25, -0.2) is 4.98 Å². The lowest BCUT2D eigenvalue weighted by Crippen LogP contribution is -2.14. The van der Waals surface area contributed by atoms with Crippen molar-refractivity contribution in [1.82, 2.24) is 4.98 Å². The van der Waals surface area contributed by atoms with Gasteiger partial charge in [-0.3, -0.25) is 4.79 Å². The van der Waals surface area contributed by atoms with E-state index in [2.05, 4.69) is 43.7 Å². The summed E-state index contributed by atoms with van der Waals surface area (Å²) >= 11 is 6.58. The summed E-state index contributed by atoms with van der Waals surface area (Å²) in [6, 6.07) is 17.7. The standard InChI is InChI=1S/C18H15BrN2OS2/c19-14-6-8-15(9-7-14)20-17(22)12-23-10-16-11-24-18(21-16)13-4-2-1-3-5-13/h1-9,11H,10,12H2,(H,20,22). The van der Waals surface area contributed by atoms with Crippen molar-refractivity contribution in [3.8, 4) is 10.6 Å². The fraction of sp³-hybridized carbons (Fsp3) is 0.111. The van der Waals surface area contributed by atoms with E-state index in [0.717, 1.165) is 32.2 Å². The van der Waals surface area contributed by atoms with E-state index in [1.165, 1.54) is 0 Å². The first kappa shape index (κ1) is 17.2. The Bertz CT molecular complexity index is 803. The molecule has 0 spiro atoms. The van der Waals surface area contributed by atoms with Crippen molar-refractivity contribution in [2.75, 3.05) is 11.1 Å². The Kier molecular flexibility index (Phi) is 6.07. The molecule has 0 aliphatic rings. The quantitative estimate of drug-likeness (QED) is 0.578. The number of carbonyl (C=O) groups is 1. The largest absolute Gasteiger partial charge is 0.325 e. The molecule has 1 heterocycles. The number of amides is 1. The van der Waals surface area contributed by atoms with Gasteiger partial charge < -0.3 is 5.32 Å². The Morgan fingerprint density at radius 2 is 1.88 bits per heavy atom. The average molecular weight is 419 g/mol. The van der Waals surface area contributed by atoms with Crippen LogP contribution in [0.25, 0.3) is 10.6 Å². The van der Waals surface area contributed by atoms with Gasteiger partial charge in [0.15, 0.2) is 0 Å². The average Bonchev–Trinajstić information content (AvgIpc) is 3.07. The third kappa shape index (κ3) is 4.93. The van der Waals surface area contributed by atoms with E-state index in [0.29, 0.717) is 5.75 Å². The third-order valence-electron chi connectivity index (χ3n) is 3.18. The first-order valence-electron chi connectivity index (χ1n) is 7.34. The molecule has 1 aromatic heterocycles. The van der Waals surface area contributed by atoms with E-state index in [9.17, 15) is 4.79 Å². The second kappa shape index (κ2) is 8.46. The summed E-state index contributed by atoms with van der Waals surface area (Å²) in [7, 11) is 0. The van der Waals surface area contributed by atoms with Crippen molar-refractivity contribution in [3.05, 3.63) is 70.1 Å². The van der Waals surface area contributed by atoms with Crippen LogP contribution < -0.4 is 5.32 Å². The monoisotopic (exact) mass is 418 g/mol. The normalized spacial score (nSPS) is 10.5. The first-order chi connectivity index (χ1) is 11.7. The molecule has 3 nitrogen and oxygen atoms in total. The fourth-order valence-electron chi connectivity index (χ4n) is 2.07. The fourth-order valence-corrected chi connectivity index (χ4v) is 3.98. The first-order valence-corrected chi connectivity index (χ1v) is 10.2. The molecule has 3 aromatic rings. The van der Waals surface area contributed by atoms with Gasteiger partial charge in [0.1, 0.15) is 5.01 Å². The van der Waals surface area contributed by atoms with Crippen molar-refractivity contribution < 1.29 is 4.79 Å². The number of nitrogens with zero attached hydrogens (tertiary/aromatic N) is 1. The van der Waals surface area contributed by atoms with Crippen molar-refractivity contribution in [3.63, 3.8) is 0 Å². The molecule has 0 aliphatic heterocycles. The topological polar surface area (TPSA) is 42.0 Å². The van der Waals surface area contributed by atoms with Crippen LogP contribution in [0.2, 0.25) is 0 Å². The Balaban J connectivity index is 1.47. The zero-order chi connectivity index (χ0) is 16.8. The number of halogens is 1. The summed E-state index contributed by atoms with van der Waals surface area (Å²) in [5, 5.41) is 5.96. The molecular formula is C18H15BrN2OS2. The van der Waals surface area contributed by atoms with Crippen LogP contribution >= 0.6 is 39.0 Å². The number of thiazole rings is 1. The summed E-state index contributed by atoms with van der Waals surface area (Å²) in [5.41, 5.74) is 2.95. The number of aromatic nitrogens is 1. The van der Waals surface area contributed by atoms with Crippen LogP contribution in [-0.4, -0.2) is 16.6 Å². The van der Waals surface area contributed by atoms with Gasteiger partial charge in [-0.2, -0.15) is 0 Å². The Morgan fingerprint density at radius 1 is 1.12 bits per heavy atom. The molecule has 0 bridgehead atoms. The van der Waals surface area contributed by atoms with Crippen molar-refractivity contribution in [2.24, 2.45) is 0 Å². The summed E-state index contributed by atoms with van der Waals surface area (Å²) in [6.45, 7) is 0. The maximum atomic E-state index is 12.0. The molecule has 6 heteroatoms. The zero-order valence-electron chi connectivity index (χ0n) is 12.7. The number of nitrogens with one attached hydrogen (secondary N) is 1. The molecule has 3 rings (SSSR count). The van der Waals surface area contributed by atoms with Crippen LogP contribution in [0.4, 0.5) is 5.69 Å². The summed E-state index contributed by atoms with van der Waals surface area (Å²) in [6.07, 6.45) is 0. The van der Waals surface area contributed by atoms with E-state index < -0.39 is 0 Å². The molecule has 1 N–H and O–H groups in total. The molecule has 0 aliphatic carbocycles. The lowest BCUT2D eigenvalue weighted by atomic mass is 10.2. The Hall–Kier alpha value is -1.63. The molecule has 2 aromatic carbocycles. The van der Waals surface area contributed by atoms with Crippen molar-refractivity contribution in [1.29, 1.82) is 0 Å². The summed E-state index contributed by atoms with van der Waals surface area (Å²) < 4.78 is 0.993. The molecular weight excluding hydrogens is 404 g/mol. The number of carbonyl (C=O) groups excluding carboxylic acids is 1. The summed E-state index contributed by atoms with van der Waals surface area (Å²) in [4.78, 5) is 16.6. The Labute approximate surface area is 157 Å². The van der Waals surface area contributed by atoms with Crippen LogP contribution in [0.3, 0.4) is 0 Å². The predicted octanol–water partition coefficient (Wildman–Crippen LogP) is 5.44. The van der Waals surface area contributed by atoms with Crippen LogP contribution in [0.1, 0.15) is 5.69 Å². The minimum absolute atomic E-state index is 0.000773. The maximum Gasteiger partial charge on any atom is 0.234 e. The van der Waals surface area contributed by atoms with Gasteiger partial charge in [-0.1, -0.05) is 46.3 Å². The van der Waals surface area contributed by atoms with E-state index in [1.54, 1.807) is 23.1 Å². The SMILES string of the molecule is O=C(CSCc1csc(-c2ccccc2)n1)Nc1ccc(Br)cc1. The molecule has 0 saturated carbocycles. The third-order valence-corrected chi connectivity index (χ3v) is 5.62. The van der Waals surface area contributed by atoms with Gasteiger partial charge in [0.05, 0.1) is 11.4 Å². The predicted molar refractivity (Wildman–Crippen MR) is 106 cm³/mol. The highest BCUT2D eigenvalue weighted by molar-refractivity contribution is 9.10. The number of anilines is 1. The number of hydrogen-bond donors (Lipinski definition) is 1. The lowest BCUT2D eigenvalue weighted by molar-refractivity contribution is -0.113. The molecule has 0 atom stereocenters. The minimum Gasteiger partial charge on any atom is -0.325 e. The van der Waals surface area contributed by atoms with E-state index in [1.807, 2.05) is 42.5 Å². The molecule has 0 fully saturated rings. The lowest BCUT2D eigenvalue weighted by Gasteiger charge is -2.04. The highest BCUT2D eigenvalue weighted by Gasteiger charge is 2.07. The number of hydrogen-bond acceptors (Lipinski definition) is 4. The van der Waals surface area contributed by atoms with Gasteiger partial charge >= 0.3 is 0 Å². The van der Waals surface area contributed by atoms with Gasteiger partial charge in [-0.15, -0.1) is 23.1 Å². The summed E-state index contributed by atoms with van der Waals surface area (Å²) in [5.74, 6) is 1.14. The van der Waals surface area contributed by atoms with Crippen molar-refractivity contribution >= 4 is 50.6 Å². The van der Waals surface area contributed by atoms with E-state index >= 15 is 0 Å². The molecule has 122 valence electrons. The molecule has 0 saturated heterocycles. The molecule has 0 unspecified atom stereocenters. The van der Waals surface area contributed by atoms with Crippen LogP contribution in [0, 0.1) is 0 Å². The second-order valence-electron chi connectivity index (χ2n) is 5.06. The van der Waals surface area contributed by atoms with Gasteiger partial charge in [0, 0.05) is 26.9 Å². The van der Waals surface area contributed by atoms with Gasteiger partial charge in [0.2, 0.25) is 5.91 Å². The van der Waals surface area contributed by atoms with Crippen molar-refractivity contribution in [2.45, 2.75) is 5.75 Å². The highest BCUT2D eigenvalue weighted by Crippen LogP contribution is 2.25. The smallest absolute Gasteiger partial charge is 0.234 e. The van der Waals surface area contributed by atoms with E-state index in [-0.39, 0.29) is 5.91 Å². The molecule has 24 heavy (non-hydrogen) atoms. The van der Waals surface area contributed by atoms with Crippen LogP contribution in [0.5, 0.6) is 0 Å².